The van der Waals surface area contributed by atoms with Crippen molar-refractivity contribution < 1.29 is 14.3 Å². The second-order valence-electron chi connectivity index (χ2n) is 5.36. The van der Waals surface area contributed by atoms with Crippen molar-refractivity contribution in [3.05, 3.63) is 0 Å². The van der Waals surface area contributed by atoms with Gasteiger partial charge in [0, 0.05) is 6.54 Å². The van der Waals surface area contributed by atoms with Gasteiger partial charge in [-0.15, -0.1) is 0 Å². The molecule has 2 aliphatic rings. The largest absolute Gasteiger partial charge is 0.391 e. The average molecular weight is 225 g/mol. The van der Waals surface area contributed by atoms with Crippen molar-refractivity contribution in [3.8, 4) is 0 Å². The molecule has 0 amide bonds. The molecule has 1 saturated heterocycles. The average Bonchev–Trinajstić information content (AvgIpc) is 2.15. The summed E-state index contributed by atoms with van der Waals surface area (Å²) in [6.45, 7) is 3.63. The molecule has 2 rings (SSSR count). The van der Waals surface area contributed by atoms with Crippen molar-refractivity contribution in [1.29, 1.82) is 0 Å². The zero-order valence-corrected chi connectivity index (χ0v) is 9.83. The first-order chi connectivity index (χ1) is 7.57. The monoisotopic (exact) mass is 225 g/mol. The van der Waals surface area contributed by atoms with Crippen LogP contribution in [0, 0.1) is 5.41 Å². The second kappa shape index (κ2) is 4.53. The van der Waals surface area contributed by atoms with Crippen LogP contribution in [0.15, 0.2) is 0 Å². The summed E-state index contributed by atoms with van der Waals surface area (Å²) in [6, 6.07) is 0. The van der Waals surface area contributed by atoms with Crippen LogP contribution >= 0.6 is 0 Å². The lowest BCUT2D eigenvalue weighted by Gasteiger charge is -2.38. The Labute approximate surface area is 95.9 Å². The summed E-state index contributed by atoms with van der Waals surface area (Å²) in [5.41, 5.74) is 0.274. The highest BCUT2D eigenvalue weighted by atomic mass is 16.6. The van der Waals surface area contributed by atoms with Crippen LogP contribution in [0.3, 0.4) is 0 Å². The Balaban J connectivity index is 1.92. The number of hydrogen-bond acceptors (Lipinski definition) is 4. The molecule has 0 aromatic rings. The third-order valence-corrected chi connectivity index (χ3v) is 3.60. The molecule has 0 N–H and O–H groups in total. The first-order valence-electron chi connectivity index (χ1n) is 6.03. The third-order valence-electron chi connectivity index (χ3n) is 3.60. The van der Waals surface area contributed by atoms with E-state index in [4.69, 9.17) is 0 Å². The lowest BCUT2D eigenvalue weighted by atomic mass is 9.75. The van der Waals surface area contributed by atoms with E-state index in [1.807, 2.05) is 4.90 Å². The molecular weight excluding hydrogens is 206 g/mol. The molecule has 90 valence electrons. The first kappa shape index (κ1) is 11.6. The molecule has 4 nitrogen and oxygen atoms in total. The molecule has 1 saturated carbocycles. The number of ether oxygens (including phenoxy) is 1. The highest BCUT2D eigenvalue weighted by molar-refractivity contribution is 5.90. The maximum atomic E-state index is 11.1. The minimum atomic E-state index is -0.407. The maximum absolute atomic E-state index is 11.1. The van der Waals surface area contributed by atoms with E-state index in [9.17, 15) is 9.59 Å². The number of carbonyl (C=O) groups excluding carboxylic acids is 2. The van der Waals surface area contributed by atoms with Crippen molar-refractivity contribution in [2.45, 2.75) is 39.0 Å². The summed E-state index contributed by atoms with van der Waals surface area (Å²) < 4.78 is 4.52. The Bertz CT molecular complexity index is 279. The van der Waals surface area contributed by atoms with Crippen molar-refractivity contribution in [1.82, 2.24) is 4.90 Å². The van der Waals surface area contributed by atoms with Gasteiger partial charge >= 0.3 is 11.9 Å². The Morgan fingerprint density at radius 3 is 2.25 bits per heavy atom. The number of rotatable bonds is 2. The predicted molar refractivity (Wildman–Crippen MR) is 58.7 cm³/mol. The molecule has 1 heterocycles. The Hall–Kier alpha value is -0.900. The number of morpholine rings is 1. The zero-order chi connectivity index (χ0) is 11.6. The van der Waals surface area contributed by atoms with Gasteiger partial charge in [-0.2, -0.15) is 0 Å². The number of nitrogens with zero attached hydrogens (tertiary/aromatic N) is 1. The fourth-order valence-corrected chi connectivity index (χ4v) is 2.83. The number of cyclic esters (lactones) is 2. The maximum Gasteiger partial charge on any atom is 0.327 e. The summed E-state index contributed by atoms with van der Waals surface area (Å²) >= 11 is 0. The molecule has 1 aliphatic carbocycles. The SMILES string of the molecule is CC1(CN2CC(=O)OC(=O)C2)CCCCC1. The highest BCUT2D eigenvalue weighted by Gasteiger charge is 2.33. The Kier molecular flexibility index (Phi) is 3.28. The van der Waals surface area contributed by atoms with Gasteiger partial charge in [0.15, 0.2) is 0 Å². The Morgan fingerprint density at radius 2 is 1.69 bits per heavy atom. The van der Waals surface area contributed by atoms with Gasteiger partial charge in [-0.1, -0.05) is 26.2 Å². The van der Waals surface area contributed by atoms with Crippen LogP contribution in [0.1, 0.15) is 39.0 Å². The van der Waals surface area contributed by atoms with Gasteiger partial charge in [0.1, 0.15) is 0 Å². The van der Waals surface area contributed by atoms with Gasteiger partial charge in [-0.25, -0.2) is 0 Å². The molecule has 1 aliphatic heterocycles. The summed E-state index contributed by atoms with van der Waals surface area (Å²) in [4.78, 5) is 24.2. The van der Waals surface area contributed by atoms with Crippen LogP contribution in [0.2, 0.25) is 0 Å². The number of hydrogen-bond donors (Lipinski definition) is 0. The summed E-state index contributed by atoms with van der Waals surface area (Å²) in [7, 11) is 0. The molecule has 4 heteroatoms. The van der Waals surface area contributed by atoms with Crippen LogP contribution in [0.25, 0.3) is 0 Å². The molecule has 0 aromatic heterocycles. The van der Waals surface area contributed by atoms with E-state index in [1.165, 1.54) is 32.1 Å². The fraction of sp³-hybridized carbons (Fsp3) is 0.833. The topological polar surface area (TPSA) is 46.6 Å². The molecule has 16 heavy (non-hydrogen) atoms. The summed E-state index contributed by atoms with van der Waals surface area (Å²) in [5, 5.41) is 0. The van der Waals surface area contributed by atoms with Gasteiger partial charge in [0.2, 0.25) is 0 Å². The zero-order valence-electron chi connectivity index (χ0n) is 9.83. The quantitative estimate of drug-likeness (QED) is 0.525. The molecule has 0 unspecified atom stereocenters. The molecule has 0 bridgehead atoms. The van der Waals surface area contributed by atoms with Crippen LogP contribution in [-0.4, -0.2) is 36.5 Å². The van der Waals surface area contributed by atoms with E-state index >= 15 is 0 Å². The smallest absolute Gasteiger partial charge is 0.327 e. The molecule has 0 aromatic carbocycles. The molecule has 2 fully saturated rings. The normalized spacial score (nSPS) is 26.6. The molecule has 0 radical (unpaired) electrons. The van der Waals surface area contributed by atoms with Crippen LogP contribution in [-0.2, 0) is 14.3 Å². The van der Waals surface area contributed by atoms with Crippen molar-refractivity contribution in [2.24, 2.45) is 5.41 Å². The van der Waals surface area contributed by atoms with E-state index in [0.29, 0.717) is 0 Å². The van der Waals surface area contributed by atoms with Crippen molar-refractivity contribution >= 4 is 11.9 Å². The second-order valence-corrected chi connectivity index (χ2v) is 5.36. The third kappa shape index (κ3) is 2.82. The number of esters is 2. The van der Waals surface area contributed by atoms with Gasteiger partial charge in [-0.05, 0) is 18.3 Å². The van der Waals surface area contributed by atoms with E-state index in [-0.39, 0.29) is 18.5 Å². The minimum Gasteiger partial charge on any atom is -0.391 e. The highest BCUT2D eigenvalue weighted by Crippen LogP contribution is 2.36. The lowest BCUT2D eigenvalue weighted by molar-refractivity contribution is -0.167. The standard InChI is InChI=1S/C12H19NO3/c1-12(5-3-2-4-6-12)9-13-7-10(14)16-11(15)8-13/h2-9H2,1H3. The van der Waals surface area contributed by atoms with E-state index in [1.54, 1.807) is 0 Å². The summed E-state index contributed by atoms with van der Waals surface area (Å²) in [6.07, 6.45) is 6.25. The Morgan fingerprint density at radius 1 is 1.12 bits per heavy atom. The van der Waals surface area contributed by atoms with E-state index in [0.717, 1.165) is 6.54 Å². The molecular formula is C12H19NO3. The van der Waals surface area contributed by atoms with Gasteiger partial charge < -0.3 is 4.74 Å². The van der Waals surface area contributed by atoms with Gasteiger partial charge in [0.25, 0.3) is 0 Å². The van der Waals surface area contributed by atoms with E-state index < -0.39 is 11.9 Å². The molecule has 0 atom stereocenters. The van der Waals surface area contributed by atoms with Crippen molar-refractivity contribution in [3.63, 3.8) is 0 Å². The van der Waals surface area contributed by atoms with Crippen LogP contribution < -0.4 is 0 Å². The first-order valence-corrected chi connectivity index (χ1v) is 6.03. The van der Waals surface area contributed by atoms with Gasteiger partial charge in [-0.3, -0.25) is 14.5 Å². The van der Waals surface area contributed by atoms with Crippen LogP contribution in [0.5, 0.6) is 0 Å². The van der Waals surface area contributed by atoms with E-state index in [2.05, 4.69) is 11.7 Å². The van der Waals surface area contributed by atoms with Crippen molar-refractivity contribution in [2.75, 3.05) is 19.6 Å². The summed E-state index contributed by atoms with van der Waals surface area (Å²) in [5.74, 6) is -0.814. The minimum absolute atomic E-state index is 0.265. The lowest BCUT2D eigenvalue weighted by Crippen LogP contribution is -2.47. The number of carbonyl (C=O) groups is 2. The van der Waals surface area contributed by atoms with Crippen LogP contribution in [0.4, 0.5) is 0 Å². The van der Waals surface area contributed by atoms with Gasteiger partial charge in [0.05, 0.1) is 13.1 Å². The fourth-order valence-electron chi connectivity index (χ4n) is 2.83. The predicted octanol–water partition coefficient (Wildman–Crippen LogP) is 1.34. The molecule has 0 spiro atoms.